The fourth-order valence-electron chi connectivity index (χ4n) is 11.3. The van der Waals surface area contributed by atoms with Crippen molar-refractivity contribution in [3.05, 3.63) is 106 Å². The minimum absolute atomic E-state index is 0.109. The molecule has 276 valence electrons. The van der Waals surface area contributed by atoms with E-state index in [1.807, 2.05) is 0 Å². The third kappa shape index (κ3) is 7.16. The van der Waals surface area contributed by atoms with E-state index in [-0.39, 0.29) is 21.7 Å². The smallest absolute Gasteiger partial charge is 0.0553 e. The van der Waals surface area contributed by atoms with Crippen molar-refractivity contribution in [2.75, 3.05) is 0 Å². The van der Waals surface area contributed by atoms with Crippen LogP contribution in [0.25, 0.3) is 11.1 Å². The SMILES string of the molecule is CC1CC2C(c3ccc(C(C)(C)C)cc3)=CC=CC2C1[Si](C)(C)C1C(C)CC2C(c3cc(C(C)(C)C)cc(C(C)(C)C)c3)=CC(C(C)(C)C)=CC21. The highest BCUT2D eigenvalue weighted by atomic mass is 28.3. The first-order valence-corrected chi connectivity index (χ1v) is 23.6. The van der Waals surface area contributed by atoms with E-state index >= 15 is 0 Å². The van der Waals surface area contributed by atoms with Gasteiger partial charge in [0.1, 0.15) is 0 Å². The predicted octanol–water partition coefficient (Wildman–Crippen LogP) is 14.6. The lowest BCUT2D eigenvalue weighted by Gasteiger charge is -2.46. The average Bonchev–Trinajstić information content (AvgIpc) is 3.54. The second kappa shape index (κ2) is 12.9. The van der Waals surface area contributed by atoms with E-state index in [9.17, 15) is 0 Å². The molecule has 51 heavy (non-hydrogen) atoms. The summed E-state index contributed by atoms with van der Waals surface area (Å²) in [6, 6.07) is 17.2. The van der Waals surface area contributed by atoms with Crippen molar-refractivity contribution in [1.82, 2.24) is 0 Å². The topological polar surface area (TPSA) is 0 Å². The van der Waals surface area contributed by atoms with Gasteiger partial charge in [0.2, 0.25) is 0 Å². The third-order valence-corrected chi connectivity index (χ3v) is 19.3. The van der Waals surface area contributed by atoms with Gasteiger partial charge >= 0.3 is 0 Å². The van der Waals surface area contributed by atoms with Crippen LogP contribution in [0.4, 0.5) is 0 Å². The second-order valence-electron chi connectivity index (χ2n) is 22.3. The van der Waals surface area contributed by atoms with Crippen LogP contribution in [-0.2, 0) is 16.2 Å². The van der Waals surface area contributed by atoms with Crippen molar-refractivity contribution in [3.63, 3.8) is 0 Å². The van der Waals surface area contributed by atoms with Crippen molar-refractivity contribution < 1.29 is 0 Å². The quantitative estimate of drug-likeness (QED) is 0.279. The van der Waals surface area contributed by atoms with Crippen molar-refractivity contribution in [2.24, 2.45) is 40.9 Å². The predicted molar refractivity (Wildman–Crippen MR) is 228 cm³/mol. The summed E-state index contributed by atoms with van der Waals surface area (Å²) in [5.74, 6) is 3.97. The molecule has 2 aromatic carbocycles. The molecule has 0 nitrogen and oxygen atoms in total. The van der Waals surface area contributed by atoms with Crippen molar-refractivity contribution in [3.8, 4) is 0 Å². The Morgan fingerprint density at radius 2 is 1.04 bits per heavy atom. The highest BCUT2D eigenvalue weighted by Gasteiger charge is 2.58. The van der Waals surface area contributed by atoms with E-state index in [0.29, 0.717) is 23.7 Å². The van der Waals surface area contributed by atoms with Crippen LogP contribution in [0.15, 0.2) is 78.4 Å². The largest absolute Gasteiger partial charge is 0.0808 e. The minimum Gasteiger partial charge on any atom is -0.0808 e. The van der Waals surface area contributed by atoms with Gasteiger partial charge in [-0.1, -0.05) is 183 Å². The third-order valence-electron chi connectivity index (χ3n) is 14.0. The molecule has 0 aromatic heterocycles. The van der Waals surface area contributed by atoms with Crippen LogP contribution in [0.3, 0.4) is 0 Å². The molecule has 4 aliphatic carbocycles. The zero-order valence-electron chi connectivity index (χ0n) is 35.5. The zero-order chi connectivity index (χ0) is 37.6. The van der Waals surface area contributed by atoms with Crippen LogP contribution in [0.1, 0.15) is 138 Å². The Bertz CT molecular complexity index is 1710. The Morgan fingerprint density at radius 3 is 1.53 bits per heavy atom. The second-order valence-corrected chi connectivity index (χ2v) is 27.2. The molecule has 0 heterocycles. The van der Waals surface area contributed by atoms with E-state index in [2.05, 4.69) is 183 Å². The Hall–Kier alpha value is -2.38. The highest BCUT2D eigenvalue weighted by molar-refractivity contribution is 6.80. The zero-order valence-corrected chi connectivity index (χ0v) is 36.5. The summed E-state index contributed by atoms with van der Waals surface area (Å²) in [4.78, 5) is 0. The van der Waals surface area contributed by atoms with E-state index in [1.165, 1.54) is 40.7 Å². The standard InChI is InChI=1S/C50H72Si/c1-31-24-42-39(33-20-22-35(23-21-33)47(3,4)5)18-17-19-40(42)45(31)51(15,16)46-32(2)25-43-41(29-38(30-44(43)46)50(12,13)14)34-26-36(48(6,7)8)28-37(27-34)49(9,10)11/h17-23,26-32,40,42-46H,24-25H2,1-16H3. The molecule has 1 heteroatoms. The van der Waals surface area contributed by atoms with E-state index < -0.39 is 8.07 Å². The molecule has 4 aliphatic rings. The minimum atomic E-state index is -1.80. The number of fused-ring (bicyclic) bond motifs is 2. The molecule has 2 fully saturated rings. The highest BCUT2D eigenvalue weighted by Crippen LogP contribution is 2.65. The molecular formula is C50H72Si. The molecule has 2 aromatic rings. The first-order chi connectivity index (χ1) is 23.4. The summed E-state index contributed by atoms with van der Waals surface area (Å²) >= 11 is 0. The molecule has 0 N–H and O–H groups in total. The fourth-order valence-corrected chi connectivity index (χ4v) is 17.6. The maximum absolute atomic E-state index is 2.82. The number of allylic oxidation sites excluding steroid dienone is 8. The summed E-state index contributed by atoms with van der Waals surface area (Å²) in [6.07, 6.45) is 15.6. The van der Waals surface area contributed by atoms with Crippen molar-refractivity contribution >= 4 is 19.2 Å². The Labute approximate surface area is 315 Å². The Kier molecular flexibility index (Phi) is 9.69. The Morgan fingerprint density at radius 1 is 0.549 bits per heavy atom. The summed E-state index contributed by atoms with van der Waals surface area (Å²) < 4.78 is 0. The molecule has 8 atom stereocenters. The number of rotatable bonds is 4. The summed E-state index contributed by atoms with van der Waals surface area (Å²) in [7, 11) is -1.80. The van der Waals surface area contributed by atoms with E-state index in [0.717, 1.165) is 22.9 Å². The fraction of sp³-hybridized carbons (Fsp3) is 0.600. The van der Waals surface area contributed by atoms with Crippen LogP contribution in [-0.4, -0.2) is 8.07 Å². The monoisotopic (exact) mass is 701 g/mol. The molecule has 0 saturated heterocycles. The van der Waals surface area contributed by atoms with Gasteiger partial charge in [-0.2, -0.15) is 0 Å². The molecule has 0 bridgehead atoms. The lowest BCUT2D eigenvalue weighted by atomic mass is 9.71. The van der Waals surface area contributed by atoms with Crippen LogP contribution in [0, 0.1) is 40.9 Å². The first kappa shape index (κ1) is 38.3. The van der Waals surface area contributed by atoms with Crippen LogP contribution in [0.5, 0.6) is 0 Å². The van der Waals surface area contributed by atoms with Gasteiger partial charge < -0.3 is 0 Å². The summed E-state index contributed by atoms with van der Waals surface area (Å²) in [5.41, 5.74) is 14.1. The number of benzene rings is 2. The van der Waals surface area contributed by atoms with Gasteiger partial charge in [-0.05, 0) is 126 Å². The first-order valence-electron chi connectivity index (χ1n) is 20.5. The van der Waals surface area contributed by atoms with Crippen LogP contribution in [0.2, 0.25) is 24.2 Å². The van der Waals surface area contributed by atoms with Crippen molar-refractivity contribution in [2.45, 2.75) is 150 Å². The number of hydrogen-bond donors (Lipinski definition) is 0. The lowest BCUT2D eigenvalue weighted by Crippen LogP contribution is -2.46. The molecule has 6 rings (SSSR count). The molecule has 0 radical (unpaired) electrons. The lowest BCUT2D eigenvalue weighted by molar-refractivity contribution is 0.470. The van der Waals surface area contributed by atoms with Gasteiger partial charge in [-0.3, -0.25) is 0 Å². The van der Waals surface area contributed by atoms with E-state index in [1.54, 1.807) is 16.7 Å². The van der Waals surface area contributed by atoms with Gasteiger partial charge in [0.15, 0.2) is 0 Å². The van der Waals surface area contributed by atoms with Crippen LogP contribution >= 0.6 is 0 Å². The molecule has 0 spiro atoms. The van der Waals surface area contributed by atoms with Crippen molar-refractivity contribution in [1.29, 1.82) is 0 Å². The molecular weight excluding hydrogens is 629 g/mol. The Balaban J connectivity index is 1.38. The maximum Gasteiger partial charge on any atom is 0.0553 e. The summed E-state index contributed by atoms with van der Waals surface area (Å²) in [5, 5.41) is 0. The van der Waals surface area contributed by atoms with E-state index in [4.69, 9.17) is 0 Å². The van der Waals surface area contributed by atoms with Gasteiger partial charge in [-0.25, -0.2) is 0 Å². The number of hydrogen-bond acceptors (Lipinski definition) is 0. The van der Waals surface area contributed by atoms with Gasteiger partial charge in [0.25, 0.3) is 0 Å². The van der Waals surface area contributed by atoms with Gasteiger partial charge in [0, 0.05) is 0 Å². The molecule has 2 saturated carbocycles. The van der Waals surface area contributed by atoms with Gasteiger partial charge in [-0.15, -0.1) is 0 Å². The van der Waals surface area contributed by atoms with Gasteiger partial charge in [0.05, 0.1) is 8.07 Å². The van der Waals surface area contributed by atoms with Crippen LogP contribution < -0.4 is 0 Å². The molecule has 8 unspecified atom stereocenters. The maximum atomic E-state index is 2.82. The molecule has 0 amide bonds. The summed E-state index contributed by atoms with van der Waals surface area (Å²) in [6.45, 7) is 39.5. The molecule has 0 aliphatic heterocycles. The normalized spacial score (nSPS) is 30.1. The average molecular weight is 701 g/mol.